The zero-order valence-corrected chi connectivity index (χ0v) is 54.9. The molecule has 0 bridgehead atoms. The van der Waals surface area contributed by atoms with Gasteiger partial charge in [0.1, 0.15) is 0 Å². The Morgan fingerprint density at radius 1 is 0.180 bits per heavy atom. The second kappa shape index (κ2) is 25.4. The maximum absolute atomic E-state index is 2.52. The molecule has 100 heavy (non-hydrogen) atoms. The van der Waals surface area contributed by atoms with Crippen LogP contribution < -0.4 is 24.5 Å². The first-order valence-corrected chi connectivity index (χ1v) is 34.3. The predicted octanol–water partition coefficient (Wildman–Crippen LogP) is 26.2. The Hall–Kier alpha value is -13.2. The van der Waals surface area contributed by atoms with Crippen LogP contribution in [0.1, 0.15) is 22.3 Å². The smallest absolute Gasteiger partial charge is 0.0755 e. The number of para-hydroxylation sites is 6. The highest BCUT2D eigenvalue weighted by molar-refractivity contribution is 6.04. The Kier molecular flexibility index (Phi) is 15.1. The van der Waals surface area contributed by atoms with Crippen molar-refractivity contribution in [2.75, 3.05) is 24.5 Å². The minimum absolute atomic E-state index is 0.845. The normalized spacial score (nSPS) is 12.3. The predicted molar refractivity (Wildman–Crippen MR) is 419 cm³/mol. The minimum Gasteiger partial charge on any atom is -0.311 e. The van der Waals surface area contributed by atoms with Crippen molar-refractivity contribution >= 4 is 96.1 Å². The summed E-state index contributed by atoms with van der Waals surface area (Å²) in [5.74, 6) is 0. The third kappa shape index (κ3) is 10.4. The van der Waals surface area contributed by atoms with Crippen LogP contribution in [0.5, 0.6) is 0 Å². The number of hydrogen-bond donors (Lipinski definition) is 0. The fraction of sp³-hybridized carbons (Fsp3) is 0.0105. The first-order valence-electron chi connectivity index (χ1n) is 34.3. The van der Waals surface area contributed by atoms with Crippen molar-refractivity contribution in [3.05, 3.63) is 429 Å². The molecule has 0 radical (unpaired) electrons. The molecule has 0 atom stereocenters. The maximum Gasteiger partial charge on any atom is 0.0755 e. The zero-order valence-electron chi connectivity index (χ0n) is 54.9. The Labute approximate surface area is 584 Å². The molecule has 0 saturated carbocycles. The molecule has 2 aliphatic rings. The van der Waals surface area contributed by atoms with Crippen molar-refractivity contribution in [3.63, 3.8) is 0 Å². The number of fused-ring (bicyclic) bond motifs is 10. The summed E-state index contributed by atoms with van der Waals surface area (Å²) >= 11 is 0. The van der Waals surface area contributed by atoms with E-state index >= 15 is 0 Å². The summed E-state index contributed by atoms with van der Waals surface area (Å²) in [7, 11) is 0. The molecule has 0 unspecified atom stereocenters. The summed E-state index contributed by atoms with van der Waals surface area (Å²) in [4.78, 5) is 12.1. The lowest BCUT2D eigenvalue weighted by Crippen LogP contribution is -2.36. The molecular weight excluding hydrogens is 1210 g/mol. The number of hydrogen-bond acceptors (Lipinski definition) is 5. The molecule has 1 aliphatic carbocycles. The van der Waals surface area contributed by atoms with Crippen LogP contribution in [0.15, 0.2) is 406 Å². The molecule has 1 heterocycles. The summed E-state index contributed by atoms with van der Waals surface area (Å²) in [6.07, 6.45) is 0. The lowest BCUT2D eigenvalue weighted by Gasteiger charge is -2.45. The van der Waals surface area contributed by atoms with Crippen LogP contribution in [0, 0.1) is 0 Å². The first-order chi connectivity index (χ1) is 49.6. The molecule has 5 nitrogen and oxygen atoms in total. The fourth-order valence-electron chi connectivity index (χ4n) is 15.5. The van der Waals surface area contributed by atoms with Gasteiger partial charge in [-0.3, -0.25) is 0 Å². The van der Waals surface area contributed by atoms with E-state index in [0.29, 0.717) is 0 Å². The van der Waals surface area contributed by atoms with Crippen molar-refractivity contribution in [3.8, 4) is 33.4 Å². The van der Waals surface area contributed by atoms with Gasteiger partial charge in [0.2, 0.25) is 0 Å². The van der Waals surface area contributed by atoms with E-state index in [1.807, 2.05) is 0 Å². The molecular formula is C95H67N5. The number of nitrogens with zero attached hydrogens (tertiary/aromatic N) is 5. The van der Waals surface area contributed by atoms with Gasteiger partial charge in [0.05, 0.1) is 22.5 Å². The second-order valence-electron chi connectivity index (χ2n) is 25.6. The minimum atomic E-state index is -0.845. The number of anilines is 15. The van der Waals surface area contributed by atoms with Crippen molar-refractivity contribution < 1.29 is 0 Å². The molecule has 16 aromatic rings. The summed E-state index contributed by atoms with van der Waals surface area (Å²) in [6.45, 7) is 0. The van der Waals surface area contributed by atoms with Crippen LogP contribution >= 0.6 is 0 Å². The van der Waals surface area contributed by atoms with Crippen LogP contribution in [-0.4, -0.2) is 0 Å². The van der Waals surface area contributed by atoms with E-state index in [1.165, 1.54) is 55.3 Å². The Morgan fingerprint density at radius 3 is 0.820 bits per heavy atom. The Balaban J connectivity index is 0.854. The average molecular weight is 1280 g/mol. The topological polar surface area (TPSA) is 16.2 Å². The van der Waals surface area contributed by atoms with Crippen LogP contribution in [-0.2, 0) is 5.41 Å². The van der Waals surface area contributed by atoms with Crippen molar-refractivity contribution in [2.45, 2.75) is 5.41 Å². The highest BCUT2D eigenvalue weighted by Gasteiger charge is 2.52. The SMILES string of the molecule is c1ccc(-c2ccc(N(c3ccc(N(c4ccccc4)c4ccccc4)cc3)c3ccc4c(c3)C3(c5cc(N(c6ccc(-c7ccccc7)cc6)c6ccc(N(c7ccccc7)c7ccccc7)cc6)ccc5-4)c4ccccc4N(c4cccc5ccccc45)c4ccccc43)cc2)cc1. The van der Waals surface area contributed by atoms with E-state index in [9.17, 15) is 0 Å². The van der Waals surface area contributed by atoms with E-state index in [-0.39, 0.29) is 0 Å². The van der Waals surface area contributed by atoms with Gasteiger partial charge in [0.15, 0.2) is 0 Å². The molecule has 0 fully saturated rings. The maximum atomic E-state index is 2.52. The lowest BCUT2D eigenvalue weighted by molar-refractivity contribution is 0.753. The van der Waals surface area contributed by atoms with E-state index < -0.39 is 5.41 Å². The molecule has 18 rings (SSSR count). The zero-order chi connectivity index (χ0) is 66.4. The molecule has 472 valence electrons. The summed E-state index contributed by atoms with van der Waals surface area (Å²) in [5.41, 5.74) is 27.1. The summed E-state index contributed by atoms with van der Waals surface area (Å²) in [6, 6.07) is 149. The van der Waals surface area contributed by atoms with Crippen LogP contribution in [0.25, 0.3) is 44.2 Å². The van der Waals surface area contributed by atoms with Crippen LogP contribution in [0.2, 0.25) is 0 Å². The van der Waals surface area contributed by atoms with Crippen molar-refractivity contribution in [1.82, 2.24) is 0 Å². The second-order valence-corrected chi connectivity index (χ2v) is 25.6. The monoisotopic (exact) mass is 1280 g/mol. The standard InChI is InChI=1S/C95H67N5/c1-7-26-68(27-8-1)70-46-50-77(51-47-70)98(81-58-54-79(55-59-81)96(73-32-11-3-12-33-73)74-34-13-4-14-35-74)83-62-64-86-87-65-63-84(67-91(87)95(90(86)66-83)88-41-21-23-43-93(88)100(94-44-24-22-42-89(94)95)92-45-25-31-72-30-19-20-40-85(72)92)99(78-52-48-71(49-53-78)69-28-9-2-10-29-69)82-60-56-80(57-61-82)97(75-36-15-5-16-37-75)76-38-17-6-18-39-76/h1-67H. The highest BCUT2D eigenvalue weighted by atomic mass is 15.2. The van der Waals surface area contributed by atoms with E-state index in [4.69, 9.17) is 0 Å². The highest BCUT2D eigenvalue weighted by Crippen LogP contribution is 2.65. The molecule has 0 amide bonds. The fourth-order valence-corrected chi connectivity index (χ4v) is 15.5. The molecule has 5 heteroatoms. The number of benzene rings is 16. The van der Waals surface area contributed by atoms with E-state index in [2.05, 4.69) is 431 Å². The van der Waals surface area contributed by atoms with Gasteiger partial charge >= 0.3 is 0 Å². The van der Waals surface area contributed by atoms with Crippen molar-refractivity contribution in [1.29, 1.82) is 0 Å². The summed E-state index contributed by atoms with van der Waals surface area (Å²) < 4.78 is 0. The van der Waals surface area contributed by atoms with Gasteiger partial charge in [-0.1, -0.05) is 243 Å². The van der Waals surface area contributed by atoms with Gasteiger partial charge in [-0.15, -0.1) is 0 Å². The molecule has 0 saturated heterocycles. The molecule has 0 N–H and O–H groups in total. The van der Waals surface area contributed by atoms with Gasteiger partial charge in [0, 0.05) is 73.6 Å². The van der Waals surface area contributed by atoms with Gasteiger partial charge in [-0.2, -0.15) is 0 Å². The van der Waals surface area contributed by atoms with Crippen LogP contribution in [0.4, 0.5) is 85.3 Å². The molecule has 0 aromatic heterocycles. The molecule has 16 aromatic carbocycles. The van der Waals surface area contributed by atoms with Gasteiger partial charge in [-0.05, 0) is 225 Å². The molecule has 1 spiro atoms. The quantitative estimate of drug-likeness (QED) is 0.101. The lowest BCUT2D eigenvalue weighted by atomic mass is 9.64. The first kappa shape index (κ1) is 59.3. The van der Waals surface area contributed by atoms with E-state index in [0.717, 1.165) is 96.4 Å². The van der Waals surface area contributed by atoms with Gasteiger partial charge in [-0.25, -0.2) is 0 Å². The average Bonchev–Trinajstić information content (AvgIpc) is 1.46. The van der Waals surface area contributed by atoms with Gasteiger partial charge < -0.3 is 24.5 Å². The van der Waals surface area contributed by atoms with Crippen LogP contribution in [0.3, 0.4) is 0 Å². The Morgan fingerprint density at radius 2 is 0.440 bits per heavy atom. The number of rotatable bonds is 15. The third-order valence-corrected chi connectivity index (χ3v) is 20.0. The molecule has 1 aliphatic heterocycles. The Bertz CT molecular complexity index is 5180. The summed E-state index contributed by atoms with van der Waals surface area (Å²) in [5, 5.41) is 2.38. The van der Waals surface area contributed by atoms with E-state index in [1.54, 1.807) is 0 Å². The van der Waals surface area contributed by atoms with Crippen molar-refractivity contribution in [2.24, 2.45) is 0 Å². The third-order valence-electron chi connectivity index (χ3n) is 20.0. The largest absolute Gasteiger partial charge is 0.311 e. The van der Waals surface area contributed by atoms with Gasteiger partial charge in [0.25, 0.3) is 0 Å².